The van der Waals surface area contributed by atoms with E-state index in [4.69, 9.17) is 0 Å². The smallest absolute Gasteiger partial charge is 0.187 e. The Morgan fingerprint density at radius 2 is 2.16 bits per heavy atom. The minimum atomic E-state index is -0.289. The molecule has 0 amide bonds. The van der Waals surface area contributed by atoms with Crippen LogP contribution in [0.15, 0.2) is 35.6 Å². The second-order valence-electron chi connectivity index (χ2n) is 3.96. The maximum absolute atomic E-state index is 13.2. The van der Waals surface area contributed by atoms with Crippen LogP contribution in [0.2, 0.25) is 0 Å². The first-order valence-corrected chi connectivity index (χ1v) is 6.87. The highest BCUT2D eigenvalue weighted by Gasteiger charge is 2.04. The summed E-state index contributed by atoms with van der Waals surface area (Å²) in [6.07, 6.45) is 5.05. The summed E-state index contributed by atoms with van der Waals surface area (Å²) < 4.78 is 13.2. The van der Waals surface area contributed by atoms with E-state index in [1.165, 1.54) is 30.0 Å². The van der Waals surface area contributed by atoms with Crippen molar-refractivity contribution >= 4 is 23.6 Å². The minimum Gasteiger partial charge on any atom is -0.507 e. The summed E-state index contributed by atoms with van der Waals surface area (Å²) in [7, 11) is 0. The molecule has 0 aliphatic carbocycles. The number of nitrogens with zero attached hydrogens (tertiary/aromatic N) is 2. The number of aliphatic hydroxyl groups excluding tert-OH is 1. The number of hydrogen-bond acceptors (Lipinski definition) is 4. The molecule has 0 saturated heterocycles. The van der Waals surface area contributed by atoms with E-state index >= 15 is 0 Å². The van der Waals surface area contributed by atoms with E-state index in [0.717, 1.165) is 0 Å². The Bertz CT molecular complexity index is 629. The maximum atomic E-state index is 13.2. The Morgan fingerprint density at radius 3 is 2.84 bits per heavy atom. The van der Waals surface area contributed by atoms with Crippen molar-refractivity contribution in [3.05, 3.63) is 53.1 Å². The number of thioether (sulfide) groups is 1. The molecule has 1 aromatic heterocycles. The van der Waals surface area contributed by atoms with E-state index in [1.54, 1.807) is 25.3 Å². The summed E-state index contributed by atoms with van der Waals surface area (Å²) in [5.41, 5.74) is 1.66. The average Bonchev–Trinajstić information content (AvgIpc) is 2.42. The van der Waals surface area contributed by atoms with Crippen LogP contribution in [-0.2, 0) is 0 Å². The number of rotatable bonds is 3. The third-order valence-electron chi connectivity index (χ3n) is 2.58. The topological polar surface area (TPSA) is 46.0 Å². The van der Waals surface area contributed by atoms with E-state index in [-0.39, 0.29) is 11.6 Å². The van der Waals surface area contributed by atoms with Gasteiger partial charge in [0, 0.05) is 17.8 Å². The van der Waals surface area contributed by atoms with Gasteiger partial charge in [-0.2, -0.15) is 0 Å². The lowest BCUT2D eigenvalue weighted by molar-refractivity contribution is 0.514. The Labute approximate surface area is 115 Å². The fourth-order valence-electron chi connectivity index (χ4n) is 1.56. The summed E-state index contributed by atoms with van der Waals surface area (Å²) in [4.78, 5) is 8.29. The van der Waals surface area contributed by atoms with Crippen molar-refractivity contribution in [2.24, 2.45) is 0 Å². The third kappa shape index (κ3) is 3.32. The number of hydrogen-bond donors (Lipinski definition) is 1. The number of aryl methyl sites for hydroxylation is 1. The molecule has 0 radical (unpaired) electrons. The summed E-state index contributed by atoms with van der Waals surface area (Å²) in [5.74, 6) is -0.239. The lowest BCUT2D eigenvalue weighted by Crippen LogP contribution is -1.91. The number of benzene rings is 1. The lowest BCUT2D eigenvalue weighted by Gasteiger charge is -2.03. The largest absolute Gasteiger partial charge is 0.507 e. The summed E-state index contributed by atoms with van der Waals surface area (Å²) in [6, 6.07) is 6.16. The zero-order valence-corrected chi connectivity index (χ0v) is 11.4. The van der Waals surface area contributed by atoms with E-state index in [2.05, 4.69) is 9.97 Å². The predicted octanol–water partition coefficient (Wildman–Crippen LogP) is 3.70. The van der Waals surface area contributed by atoms with E-state index in [0.29, 0.717) is 22.0 Å². The Hall–Kier alpha value is -1.88. The van der Waals surface area contributed by atoms with E-state index in [1.807, 2.05) is 6.26 Å². The van der Waals surface area contributed by atoms with Crippen molar-refractivity contribution in [3.8, 4) is 0 Å². The van der Waals surface area contributed by atoms with Crippen molar-refractivity contribution in [1.82, 2.24) is 9.97 Å². The fourth-order valence-corrected chi connectivity index (χ4v) is 1.92. The van der Waals surface area contributed by atoms with Gasteiger partial charge in [-0.15, -0.1) is 0 Å². The van der Waals surface area contributed by atoms with Gasteiger partial charge in [-0.1, -0.05) is 11.8 Å². The van der Waals surface area contributed by atoms with Crippen molar-refractivity contribution in [2.75, 3.05) is 6.26 Å². The molecule has 5 heteroatoms. The van der Waals surface area contributed by atoms with Gasteiger partial charge in [0.05, 0.1) is 5.69 Å². The van der Waals surface area contributed by atoms with Gasteiger partial charge >= 0.3 is 0 Å². The second kappa shape index (κ2) is 5.84. The Balaban J connectivity index is 2.33. The Kier molecular flexibility index (Phi) is 4.16. The highest BCUT2D eigenvalue weighted by Crippen LogP contribution is 2.18. The molecular formula is C14H13FN2OS. The fraction of sp³-hybridized carbons (Fsp3) is 0.143. The lowest BCUT2D eigenvalue weighted by atomic mass is 10.1. The first kappa shape index (κ1) is 13.5. The molecule has 0 fully saturated rings. The van der Waals surface area contributed by atoms with Gasteiger partial charge in [-0.3, -0.25) is 0 Å². The molecule has 2 rings (SSSR count). The first-order chi connectivity index (χ1) is 9.10. The van der Waals surface area contributed by atoms with E-state index in [9.17, 15) is 9.50 Å². The van der Waals surface area contributed by atoms with Crippen LogP contribution in [0.25, 0.3) is 11.8 Å². The van der Waals surface area contributed by atoms with Gasteiger partial charge in [0.1, 0.15) is 11.6 Å². The number of aromatic nitrogens is 2. The van der Waals surface area contributed by atoms with Crippen LogP contribution in [0.4, 0.5) is 4.39 Å². The predicted molar refractivity (Wildman–Crippen MR) is 75.4 cm³/mol. The molecule has 0 spiro atoms. The SMILES string of the molecule is CSc1nccc(/C=C(/O)c2ccc(F)c(C)c2)n1. The molecule has 19 heavy (non-hydrogen) atoms. The highest BCUT2D eigenvalue weighted by molar-refractivity contribution is 7.98. The van der Waals surface area contributed by atoms with Crippen molar-refractivity contribution in [2.45, 2.75) is 12.1 Å². The van der Waals surface area contributed by atoms with Crippen LogP contribution in [-0.4, -0.2) is 21.3 Å². The van der Waals surface area contributed by atoms with Gasteiger partial charge < -0.3 is 5.11 Å². The van der Waals surface area contributed by atoms with Gasteiger partial charge in [-0.05, 0) is 43.0 Å². The standard InChI is InChI=1S/C14H13FN2OS/c1-9-7-10(3-4-12(9)15)13(18)8-11-5-6-16-14(17-11)19-2/h3-8,18H,1-2H3/b13-8+. The van der Waals surface area contributed by atoms with Crippen LogP contribution < -0.4 is 0 Å². The molecule has 2 aromatic rings. The molecule has 0 aliphatic rings. The average molecular weight is 276 g/mol. The van der Waals surface area contributed by atoms with Crippen molar-refractivity contribution < 1.29 is 9.50 Å². The molecule has 1 aromatic carbocycles. The highest BCUT2D eigenvalue weighted by atomic mass is 32.2. The minimum absolute atomic E-state index is 0.0499. The molecule has 1 heterocycles. The molecule has 98 valence electrons. The summed E-state index contributed by atoms with van der Waals surface area (Å²) in [6.45, 7) is 1.66. The third-order valence-corrected chi connectivity index (χ3v) is 3.14. The van der Waals surface area contributed by atoms with Crippen molar-refractivity contribution in [1.29, 1.82) is 0 Å². The normalized spacial score (nSPS) is 11.6. The van der Waals surface area contributed by atoms with Crippen molar-refractivity contribution in [3.63, 3.8) is 0 Å². The van der Waals surface area contributed by atoms with Crippen LogP contribution in [0, 0.1) is 12.7 Å². The number of aliphatic hydroxyl groups is 1. The number of halogens is 1. The summed E-state index contributed by atoms with van der Waals surface area (Å²) in [5, 5.41) is 10.7. The second-order valence-corrected chi connectivity index (χ2v) is 4.74. The quantitative estimate of drug-likeness (QED) is 0.527. The van der Waals surface area contributed by atoms with E-state index < -0.39 is 0 Å². The molecule has 0 bridgehead atoms. The van der Waals surface area contributed by atoms with Gasteiger partial charge in [0.25, 0.3) is 0 Å². The molecule has 0 atom stereocenters. The van der Waals surface area contributed by atoms with Crippen LogP contribution in [0.3, 0.4) is 0 Å². The van der Waals surface area contributed by atoms with Crippen LogP contribution >= 0.6 is 11.8 Å². The molecule has 3 nitrogen and oxygen atoms in total. The molecule has 0 saturated carbocycles. The first-order valence-electron chi connectivity index (χ1n) is 5.64. The molecule has 0 unspecified atom stereocenters. The zero-order valence-electron chi connectivity index (χ0n) is 10.6. The molecular weight excluding hydrogens is 263 g/mol. The monoisotopic (exact) mass is 276 g/mol. The van der Waals surface area contributed by atoms with Crippen LogP contribution in [0.5, 0.6) is 0 Å². The maximum Gasteiger partial charge on any atom is 0.187 e. The van der Waals surface area contributed by atoms with Gasteiger partial charge in [-0.25, -0.2) is 14.4 Å². The zero-order chi connectivity index (χ0) is 13.8. The molecule has 1 N–H and O–H groups in total. The summed E-state index contributed by atoms with van der Waals surface area (Å²) >= 11 is 1.43. The Morgan fingerprint density at radius 1 is 1.37 bits per heavy atom. The van der Waals surface area contributed by atoms with Gasteiger partial charge in [0.15, 0.2) is 5.16 Å². The molecule has 0 aliphatic heterocycles. The van der Waals surface area contributed by atoms with Crippen LogP contribution in [0.1, 0.15) is 16.8 Å². The van der Waals surface area contributed by atoms with Gasteiger partial charge in [0.2, 0.25) is 0 Å².